The molecule has 3 heterocycles. The maximum absolute atomic E-state index is 15.3. The Kier molecular flexibility index (Phi) is 26.6. The molecule has 0 bridgehead atoms. The molecule has 506 valence electrons. The molecule has 1 saturated heterocycles. The molecule has 1 aromatic heterocycles. The lowest BCUT2D eigenvalue weighted by Crippen LogP contribution is -2.54. The van der Waals surface area contributed by atoms with Gasteiger partial charge in [0.15, 0.2) is 22.2 Å². The van der Waals surface area contributed by atoms with Gasteiger partial charge in [0.1, 0.15) is 16.7 Å². The van der Waals surface area contributed by atoms with Crippen LogP contribution >= 0.6 is 0 Å². The number of para-hydroxylation sites is 2. The number of amides is 4. The van der Waals surface area contributed by atoms with Gasteiger partial charge in [-0.2, -0.15) is 17.3 Å². The number of carbonyl (C=O) groups is 5. The number of nitrogens with zero attached hydrogens (tertiary/aromatic N) is 7. The number of azide groups is 1. The molecule has 4 N–H and O–H groups in total. The van der Waals surface area contributed by atoms with Crippen molar-refractivity contribution in [1.29, 1.82) is 0 Å². The molecule has 2 aliphatic rings. The highest BCUT2D eigenvalue weighted by Crippen LogP contribution is 2.38. The van der Waals surface area contributed by atoms with Crippen LogP contribution in [0, 0.1) is 6.92 Å². The van der Waals surface area contributed by atoms with Gasteiger partial charge in [0.2, 0.25) is 32.9 Å². The largest absolute Gasteiger partial charge is 0.397 e. The van der Waals surface area contributed by atoms with Crippen LogP contribution in [0.3, 0.4) is 0 Å². The predicted octanol–water partition coefficient (Wildman–Crippen LogP) is 4.47. The molecular weight excluding hydrogens is 1280 g/mol. The number of sulfone groups is 1. The van der Waals surface area contributed by atoms with Crippen molar-refractivity contribution in [3.8, 4) is 0 Å². The fourth-order valence-corrected chi connectivity index (χ4v) is 14.9. The van der Waals surface area contributed by atoms with Crippen LogP contribution in [-0.2, 0) is 79.3 Å². The molecule has 31 heteroatoms. The van der Waals surface area contributed by atoms with Gasteiger partial charge >= 0.3 is 0 Å². The highest BCUT2D eigenvalue weighted by molar-refractivity contribution is 7.93. The second-order valence-corrected chi connectivity index (χ2v) is 27.5. The molecule has 94 heavy (non-hydrogen) atoms. The molecule has 28 nitrogen and oxygen atoms in total. The van der Waals surface area contributed by atoms with Crippen molar-refractivity contribution in [2.45, 2.75) is 54.2 Å². The number of piperazine rings is 1. The number of aromatic nitrogens is 1. The maximum atomic E-state index is 15.3. The lowest BCUT2D eigenvalue weighted by molar-refractivity contribution is -0.645. The number of nitrogens with two attached hydrogens (primary N) is 1. The Morgan fingerprint density at radius 2 is 1.19 bits per heavy atom. The molecule has 8 rings (SSSR count). The number of aryl methyl sites for hydroxylation is 2. The van der Waals surface area contributed by atoms with E-state index in [1.54, 1.807) is 60.7 Å². The van der Waals surface area contributed by atoms with Crippen LogP contribution in [0.25, 0.3) is 43.0 Å². The van der Waals surface area contributed by atoms with Crippen molar-refractivity contribution < 1.29 is 91.5 Å². The Labute approximate surface area is 544 Å². The molecule has 0 spiro atoms. The number of anilines is 1. The average Bonchev–Trinajstić information content (AvgIpc) is 0.745. The van der Waals surface area contributed by atoms with Crippen molar-refractivity contribution in [1.82, 2.24) is 19.4 Å². The fraction of sp³-hybridized carbons (Fsp3) is 0.460. The van der Waals surface area contributed by atoms with Gasteiger partial charge in [0, 0.05) is 91.1 Å². The quantitative estimate of drug-likeness (QED) is 0.00456. The van der Waals surface area contributed by atoms with Gasteiger partial charge in [-0.15, -0.1) is 0 Å². The minimum atomic E-state index is -4.89. The van der Waals surface area contributed by atoms with Crippen molar-refractivity contribution in [2.24, 2.45) is 5.11 Å². The predicted molar refractivity (Wildman–Crippen MR) is 345 cm³/mol. The van der Waals surface area contributed by atoms with Gasteiger partial charge in [-0.25, -0.2) is 16.8 Å². The van der Waals surface area contributed by atoms with E-state index in [0.717, 1.165) is 11.6 Å². The molecule has 0 radical (unpaired) electrons. The minimum absolute atomic E-state index is 0.00442. The third kappa shape index (κ3) is 18.9. The van der Waals surface area contributed by atoms with E-state index in [9.17, 15) is 49.0 Å². The number of pyridine rings is 1. The number of fused-ring (bicyclic) bond motifs is 2. The van der Waals surface area contributed by atoms with Crippen LogP contribution in [0.2, 0.25) is 0 Å². The standard InChI is InChI=1S/C63H77N9O19S3/c1-45-17-19-46(20-18-45)93(80,81)54(15-7-16-56(73)66-21-28-85-30-32-87-34-36-89-38-40-91-41-39-90-37-35-88-33-31-86-29-22-67-68-65)61(75)59-47-9-2-4-13-52(47)71(53-14-5-3-10-48(53)59)23-8-42-92(78,79)70-26-24-69(25-27-70)57(74)44-72-62(76)50-12-6-11-49-58(50)51(63(72)77)43-55(60(49)64)94(82,83)84/h2-6,9-14,17-20,43,54H,7-8,15-16,21-42,44H2,1H3,(H3-,64,66,73,76,77,82,83,84)/p+1. The Bertz CT molecular complexity index is 4020. The maximum Gasteiger partial charge on any atom is 0.296 e. The average molecular weight is 1360 g/mol. The van der Waals surface area contributed by atoms with E-state index in [-0.39, 0.29) is 134 Å². The van der Waals surface area contributed by atoms with Crippen LogP contribution < -0.4 is 15.6 Å². The number of imide groups is 1. The third-order valence-electron chi connectivity index (χ3n) is 15.7. The van der Waals surface area contributed by atoms with E-state index >= 15 is 4.79 Å². The summed E-state index contributed by atoms with van der Waals surface area (Å²) in [5.74, 6) is -3.77. The molecule has 0 saturated carbocycles. The summed E-state index contributed by atoms with van der Waals surface area (Å²) in [7, 11) is -13.2. The summed E-state index contributed by atoms with van der Waals surface area (Å²) >= 11 is 0. The molecule has 4 amide bonds. The van der Waals surface area contributed by atoms with Gasteiger partial charge in [-0.1, -0.05) is 59.2 Å². The summed E-state index contributed by atoms with van der Waals surface area (Å²) in [6.45, 7) is 6.51. The second kappa shape index (κ2) is 34.7. The number of ketones is 1. The first-order chi connectivity index (χ1) is 45.2. The van der Waals surface area contributed by atoms with E-state index in [4.69, 9.17) is 44.4 Å². The summed E-state index contributed by atoms with van der Waals surface area (Å²) < 4.78 is 133. The van der Waals surface area contributed by atoms with E-state index < -0.39 is 70.2 Å². The number of rotatable bonds is 40. The summed E-state index contributed by atoms with van der Waals surface area (Å²) in [5, 5.41) is 5.60. The molecule has 0 aliphatic carbocycles. The Balaban J connectivity index is 0.794. The number of hydrogen-bond acceptors (Lipinski definition) is 20. The number of nitrogens with one attached hydrogen (secondary N) is 1. The summed E-state index contributed by atoms with van der Waals surface area (Å²) in [4.78, 5) is 73.4. The van der Waals surface area contributed by atoms with E-state index in [0.29, 0.717) is 106 Å². The molecule has 6 aromatic rings. The number of ether oxygens (including phenoxy) is 7. The zero-order valence-electron chi connectivity index (χ0n) is 52.1. The fourth-order valence-electron chi connectivity index (χ4n) is 11.0. The summed E-state index contributed by atoms with van der Waals surface area (Å²) in [6, 6.07) is 25.3. The SMILES string of the molecule is Cc1ccc(S(=O)(=O)C(CCCC(=O)NCCOCCOCCOCCOCCOCCOCCOCCN=[N+]=[N-])C(=O)c2c3ccccc3[n+](CCCS(=O)(=O)N3CCN(C(=O)CN4C(=O)c5cccc6c(N)c(S(=O)(=O)O)cc(c56)C4=O)CC3)c3ccccc23)cc1. The van der Waals surface area contributed by atoms with E-state index in [1.165, 1.54) is 39.5 Å². The van der Waals surface area contributed by atoms with E-state index in [1.807, 2.05) is 11.5 Å². The Morgan fingerprint density at radius 1 is 0.670 bits per heavy atom. The van der Waals surface area contributed by atoms with Crippen molar-refractivity contribution in [2.75, 3.05) is 150 Å². The monoisotopic (exact) mass is 1360 g/mol. The molecule has 1 atom stereocenters. The Morgan fingerprint density at radius 3 is 1.74 bits per heavy atom. The second-order valence-electron chi connectivity index (χ2n) is 21.9. The number of benzene rings is 5. The number of Topliss-reactive ketones (excluding diaryl/α,β-unsaturated/α-hetero) is 1. The molecule has 1 fully saturated rings. The lowest BCUT2D eigenvalue weighted by atomic mass is 9.93. The molecule has 1 unspecified atom stereocenters. The van der Waals surface area contributed by atoms with Crippen molar-refractivity contribution in [3.63, 3.8) is 0 Å². The van der Waals surface area contributed by atoms with Crippen LogP contribution in [-0.4, -0.2) is 223 Å². The summed E-state index contributed by atoms with van der Waals surface area (Å²) in [5.41, 5.74) is 15.7. The minimum Gasteiger partial charge on any atom is -0.397 e. The van der Waals surface area contributed by atoms with E-state index in [2.05, 4.69) is 15.3 Å². The number of hydrogen-bond donors (Lipinski definition) is 3. The topological polar surface area (TPSA) is 373 Å². The first-order valence-corrected chi connectivity index (χ1v) is 35.3. The van der Waals surface area contributed by atoms with Crippen LogP contribution in [0.5, 0.6) is 0 Å². The number of carbonyl (C=O) groups excluding carboxylic acids is 5. The van der Waals surface area contributed by atoms with Gasteiger partial charge in [0.05, 0.1) is 125 Å². The van der Waals surface area contributed by atoms with Crippen LogP contribution in [0.4, 0.5) is 5.69 Å². The summed E-state index contributed by atoms with van der Waals surface area (Å²) in [6.07, 6.45) is -0.0896. The zero-order valence-corrected chi connectivity index (χ0v) is 54.6. The van der Waals surface area contributed by atoms with Crippen LogP contribution in [0.15, 0.2) is 112 Å². The highest BCUT2D eigenvalue weighted by Gasteiger charge is 2.40. The molecule has 2 aliphatic heterocycles. The zero-order chi connectivity index (χ0) is 67.3. The third-order valence-corrected chi connectivity index (χ3v) is 20.7. The molecule has 5 aromatic carbocycles. The smallest absolute Gasteiger partial charge is 0.296 e. The van der Waals surface area contributed by atoms with Gasteiger partial charge in [-0.3, -0.25) is 33.4 Å². The lowest BCUT2D eigenvalue weighted by Gasteiger charge is -2.35. The van der Waals surface area contributed by atoms with Gasteiger partial charge in [-0.05, 0) is 61.7 Å². The van der Waals surface area contributed by atoms with Crippen molar-refractivity contribution >= 4 is 97.7 Å². The van der Waals surface area contributed by atoms with Crippen molar-refractivity contribution in [3.05, 3.63) is 130 Å². The van der Waals surface area contributed by atoms with Gasteiger partial charge in [0.25, 0.3) is 21.9 Å². The first-order valence-electron chi connectivity index (χ1n) is 30.7. The normalized spacial score (nSPS) is 14.2. The molecular formula is C63H78N9O19S3+. The van der Waals surface area contributed by atoms with Gasteiger partial charge < -0.3 is 49.1 Å². The number of nitrogen functional groups attached to an aromatic ring is 1. The number of sulfonamides is 1. The highest BCUT2D eigenvalue weighted by atomic mass is 32.2. The first kappa shape index (κ1) is 72.2. The Hall–Kier alpha value is -7.62. The van der Waals surface area contributed by atoms with Crippen LogP contribution in [0.1, 0.15) is 62.3 Å².